The van der Waals surface area contributed by atoms with E-state index in [4.69, 9.17) is 5.26 Å². The molecule has 0 fully saturated rings. The van der Waals surface area contributed by atoms with Crippen molar-refractivity contribution in [3.63, 3.8) is 0 Å². The second-order valence-corrected chi connectivity index (χ2v) is 5.25. The highest BCUT2D eigenvalue weighted by molar-refractivity contribution is 5.78. The lowest BCUT2D eigenvalue weighted by atomic mass is 9.95. The van der Waals surface area contributed by atoms with Crippen molar-refractivity contribution in [1.82, 2.24) is 0 Å². The van der Waals surface area contributed by atoms with Crippen LogP contribution in [0, 0.1) is 17.2 Å². The van der Waals surface area contributed by atoms with E-state index >= 15 is 0 Å². The van der Waals surface area contributed by atoms with Gasteiger partial charge in [0.1, 0.15) is 5.78 Å². The zero-order chi connectivity index (χ0) is 13.8. The van der Waals surface area contributed by atoms with Gasteiger partial charge in [-0.3, -0.25) is 4.79 Å². The Balaban J connectivity index is 3.63. The molecule has 1 unspecified atom stereocenters. The van der Waals surface area contributed by atoms with Gasteiger partial charge in [0.2, 0.25) is 0 Å². The molecule has 0 saturated heterocycles. The number of carbonyl (C=O) groups excluding carboxylic acids is 1. The minimum atomic E-state index is -0.171. The summed E-state index contributed by atoms with van der Waals surface area (Å²) in [6.45, 7) is 7.90. The van der Waals surface area contributed by atoms with E-state index in [9.17, 15) is 4.79 Å². The van der Waals surface area contributed by atoms with Crippen molar-refractivity contribution in [1.29, 1.82) is 5.26 Å². The molecule has 0 aromatic heterocycles. The Bertz CT molecular complexity index is 288. The average Bonchev–Trinajstić information content (AvgIpc) is 2.32. The minimum Gasteiger partial charge on any atom is -0.300 e. The summed E-state index contributed by atoms with van der Waals surface area (Å²) in [7, 11) is 0. The molecule has 18 heavy (non-hydrogen) atoms. The van der Waals surface area contributed by atoms with Crippen LogP contribution in [0.2, 0.25) is 0 Å². The largest absolute Gasteiger partial charge is 0.300 e. The lowest BCUT2D eigenvalue weighted by Crippen LogP contribution is -2.07. The quantitative estimate of drug-likeness (QED) is 0.390. The number of nitriles is 1. The normalized spacial score (nSPS) is 11.8. The summed E-state index contributed by atoms with van der Waals surface area (Å²) in [4.78, 5) is 11.7. The summed E-state index contributed by atoms with van der Waals surface area (Å²) in [5, 5.41) is 8.95. The topological polar surface area (TPSA) is 40.9 Å². The third kappa shape index (κ3) is 10.1. The van der Waals surface area contributed by atoms with Gasteiger partial charge in [-0.15, -0.1) is 6.58 Å². The molecular formula is C16H27NO. The van der Waals surface area contributed by atoms with Crippen LogP contribution in [0.5, 0.6) is 0 Å². The van der Waals surface area contributed by atoms with Crippen LogP contribution < -0.4 is 0 Å². The number of rotatable bonds is 11. The fourth-order valence-corrected chi connectivity index (χ4v) is 2.06. The fourth-order valence-electron chi connectivity index (χ4n) is 2.06. The van der Waals surface area contributed by atoms with Crippen molar-refractivity contribution in [2.24, 2.45) is 5.92 Å². The Hall–Kier alpha value is -1.10. The summed E-state index contributed by atoms with van der Waals surface area (Å²) in [6.07, 6.45) is 8.87. The maximum atomic E-state index is 11.7. The Kier molecular flexibility index (Phi) is 10.3. The van der Waals surface area contributed by atoms with Gasteiger partial charge in [-0.2, -0.15) is 5.26 Å². The molecule has 0 bridgehead atoms. The SMILES string of the molecule is C=C(C)CC(C#N)CC(=O)CCCCCCCC. The molecule has 0 spiro atoms. The summed E-state index contributed by atoms with van der Waals surface area (Å²) in [5.74, 6) is 0.0633. The number of Topliss-reactive ketones (excluding diaryl/α,β-unsaturated/α-hetero) is 1. The minimum absolute atomic E-state index is 0.171. The van der Waals surface area contributed by atoms with Gasteiger partial charge in [-0.25, -0.2) is 0 Å². The van der Waals surface area contributed by atoms with Crippen molar-refractivity contribution in [2.45, 2.75) is 71.6 Å². The van der Waals surface area contributed by atoms with E-state index in [1.54, 1.807) is 0 Å². The summed E-state index contributed by atoms with van der Waals surface area (Å²) < 4.78 is 0. The van der Waals surface area contributed by atoms with Crippen LogP contribution in [0.25, 0.3) is 0 Å². The zero-order valence-corrected chi connectivity index (χ0v) is 12.0. The predicted molar refractivity (Wildman–Crippen MR) is 76.2 cm³/mol. The van der Waals surface area contributed by atoms with Gasteiger partial charge in [0.05, 0.1) is 12.0 Å². The van der Waals surface area contributed by atoms with Crippen LogP contribution in [-0.2, 0) is 4.79 Å². The van der Waals surface area contributed by atoms with Gasteiger partial charge < -0.3 is 0 Å². The Labute approximate surface area is 112 Å². The Morgan fingerprint density at radius 2 is 1.78 bits per heavy atom. The van der Waals surface area contributed by atoms with Crippen LogP contribution >= 0.6 is 0 Å². The number of unbranched alkanes of at least 4 members (excludes halogenated alkanes) is 5. The van der Waals surface area contributed by atoms with Crippen molar-refractivity contribution in [2.75, 3.05) is 0 Å². The van der Waals surface area contributed by atoms with Crippen LogP contribution in [0.3, 0.4) is 0 Å². The van der Waals surface area contributed by atoms with Crippen LogP contribution in [0.15, 0.2) is 12.2 Å². The van der Waals surface area contributed by atoms with E-state index in [1.807, 2.05) is 6.92 Å². The molecule has 0 aliphatic heterocycles. The number of nitrogens with zero attached hydrogens (tertiary/aromatic N) is 1. The lowest BCUT2D eigenvalue weighted by molar-refractivity contribution is -0.119. The van der Waals surface area contributed by atoms with Gasteiger partial charge in [0, 0.05) is 12.8 Å². The lowest BCUT2D eigenvalue weighted by Gasteiger charge is -2.07. The molecular weight excluding hydrogens is 222 g/mol. The standard InChI is InChI=1S/C16H27NO/c1-4-5-6-7-8-9-10-16(18)12-15(13-17)11-14(2)3/h15H,2,4-12H2,1,3H3. The van der Waals surface area contributed by atoms with Crippen molar-refractivity contribution in [3.8, 4) is 6.07 Å². The molecule has 0 saturated carbocycles. The first kappa shape index (κ1) is 16.9. The molecule has 0 aromatic rings. The first-order chi connectivity index (χ1) is 8.60. The Morgan fingerprint density at radius 3 is 2.33 bits per heavy atom. The zero-order valence-electron chi connectivity index (χ0n) is 12.0. The first-order valence-corrected chi connectivity index (χ1v) is 7.15. The van der Waals surface area contributed by atoms with E-state index in [0.29, 0.717) is 19.3 Å². The summed E-state index contributed by atoms with van der Waals surface area (Å²) in [5.41, 5.74) is 0.980. The van der Waals surface area contributed by atoms with Crippen LogP contribution in [0.1, 0.15) is 71.6 Å². The van der Waals surface area contributed by atoms with Crippen molar-refractivity contribution >= 4 is 5.78 Å². The second kappa shape index (κ2) is 11.0. The number of ketones is 1. The molecule has 102 valence electrons. The third-order valence-electron chi connectivity index (χ3n) is 3.06. The monoisotopic (exact) mass is 249 g/mol. The van der Waals surface area contributed by atoms with Crippen molar-refractivity contribution in [3.05, 3.63) is 12.2 Å². The molecule has 1 atom stereocenters. The van der Waals surface area contributed by atoms with E-state index in [2.05, 4.69) is 19.6 Å². The van der Waals surface area contributed by atoms with Gasteiger partial charge in [-0.1, -0.05) is 44.6 Å². The van der Waals surface area contributed by atoms with E-state index in [0.717, 1.165) is 18.4 Å². The average molecular weight is 249 g/mol. The highest BCUT2D eigenvalue weighted by Gasteiger charge is 2.12. The molecule has 0 radical (unpaired) electrons. The smallest absolute Gasteiger partial charge is 0.134 e. The molecule has 0 amide bonds. The maximum Gasteiger partial charge on any atom is 0.134 e. The Morgan fingerprint density at radius 1 is 1.17 bits per heavy atom. The van der Waals surface area contributed by atoms with Crippen molar-refractivity contribution < 1.29 is 4.79 Å². The van der Waals surface area contributed by atoms with E-state index < -0.39 is 0 Å². The number of allylic oxidation sites excluding steroid dienone is 1. The third-order valence-corrected chi connectivity index (χ3v) is 3.06. The molecule has 0 heterocycles. The highest BCUT2D eigenvalue weighted by Crippen LogP contribution is 2.16. The van der Waals surface area contributed by atoms with E-state index in [1.165, 1.54) is 25.7 Å². The molecule has 2 heteroatoms. The van der Waals surface area contributed by atoms with Gasteiger partial charge in [0.25, 0.3) is 0 Å². The molecule has 2 nitrogen and oxygen atoms in total. The number of carbonyl (C=O) groups is 1. The van der Waals surface area contributed by atoms with E-state index in [-0.39, 0.29) is 11.7 Å². The fraction of sp³-hybridized carbons (Fsp3) is 0.750. The molecule has 0 rings (SSSR count). The van der Waals surface area contributed by atoms with Gasteiger partial charge >= 0.3 is 0 Å². The van der Waals surface area contributed by atoms with Crippen LogP contribution in [0.4, 0.5) is 0 Å². The molecule has 0 aromatic carbocycles. The summed E-state index contributed by atoms with van der Waals surface area (Å²) >= 11 is 0. The maximum absolute atomic E-state index is 11.7. The van der Waals surface area contributed by atoms with Gasteiger partial charge in [-0.05, 0) is 19.8 Å². The molecule has 0 N–H and O–H groups in total. The number of hydrogen-bond acceptors (Lipinski definition) is 2. The first-order valence-electron chi connectivity index (χ1n) is 7.15. The van der Waals surface area contributed by atoms with Gasteiger partial charge in [0.15, 0.2) is 0 Å². The molecule has 0 aliphatic rings. The highest BCUT2D eigenvalue weighted by atomic mass is 16.1. The predicted octanol–water partition coefficient (Wildman–Crippen LogP) is 4.80. The number of hydrogen-bond donors (Lipinski definition) is 0. The summed E-state index contributed by atoms with van der Waals surface area (Å²) in [6, 6.07) is 2.20. The second-order valence-electron chi connectivity index (χ2n) is 5.25. The molecule has 0 aliphatic carbocycles. The van der Waals surface area contributed by atoms with Crippen LogP contribution in [-0.4, -0.2) is 5.78 Å².